The molecule has 0 bridgehead atoms. The van der Waals surface area contributed by atoms with Gasteiger partial charge in [0.15, 0.2) is 0 Å². The number of amides is 2. The zero-order valence-electron chi connectivity index (χ0n) is 10.7. The monoisotopic (exact) mass is 295 g/mol. The molecule has 20 heavy (non-hydrogen) atoms. The Bertz CT molecular complexity index is 559. The third-order valence-electron chi connectivity index (χ3n) is 2.69. The molecular weight excluding hydrogens is 282 g/mol. The van der Waals surface area contributed by atoms with E-state index in [-0.39, 0.29) is 6.42 Å². The number of anilines is 1. The van der Waals surface area contributed by atoms with Crippen molar-refractivity contribution in [3.63, 3.8) is 0 Å². The minimum absolute atomic E-state index is 0.352. The molecule has 2 rings (SSSR count). The third-order valence-corrected chi connectivity index (χ3v) is 3.72. The molecule has 1 N–H and O–H groups in total. The van der Waals surface area contributed by atoms with Gasteiger partial charge in [-0.1, -0.05) is 12.1 Å². The summed E-state index contributed by atoms with van der Waals surface area (Å²) in [6.45, 7) is 2.20. The van der Waals surface area contributed by atoms with Crippen molar-refractivity contribution >= 4 is 34.6 Å². The molecule has 1 aromatic carbocycles. The maximum Gasteiger partial charge on any atom is 0.305 e. The van der Waals surface area contributed by atoms with Gasteiger partial charge in [-0.2, -0.15) is 0 Å². The lowest BCUT2D eigenvalue weighted by Crippen LogP contribution is -2.32. The van der Waals surface area contributed by atoms with Gasteiger partial charge in [0.05, 0.1) is 18.7 Å². The summed E-state index contributed by atoms with van der Waals surface area (Å²) < 4.78 is 5.39. The first-order chi connectivity index (χ1) is 9.54. The molecule has 1 saturated heterocycles. The molecule has 7 heteroatoms. The van der Waals surface area contributed by atoms with Crippen molar-refractivity contribution in [3.8, 4) is 5.75 Å². The minimum atomic E-state index is -1.11. The maximum atomic E-state index is 12.2. The van der Waals surface area contributed by atoms with E-state index in [1.54, 1.807) is 31.2 Å². The summed E-state index contributed by atoms with van der Waals surface area (Å²) in [6.07, 6.45) is -0.372. The quantitative estimate of drug-likeness (QED) is 0.895. The van der Waals surface area contributed by atoms with Crippen LogP contribution < -0.4 is 9.64 Å². The summed E-state index contributed by atoms with van der Waals surface area (Å²) in [7, 11) is 0. The SMILES string of the molecule is CCOc1ccccc1N1C(=O)S[C@H](CC(=O)O)C1=O. The van der Waals surface area contributed by atoms with Crippen LogP contribution in [0.15, 0.2) is 24.3 Å². The molecule has 0 aromatic heterocycles. The number of para-hydroxylation sites is 2. The zero-order chi connectivity index (χ0) is 14.7. The second kappa shape index (κ2) is 5.96. The summed E-state index contributed by atoms with van der Waals surface area (Å²) in [4.78, 5) is 35.8. The first-order valence-electron chi connectivity index (χ1n) is 6.02. The second-order valence-corrected chi connectivity index (χ2v) is 5.20. The highest BCUT2D eigenvalue weighted by Crippen LogP contribution is 2.37. The number of nitrogens with zero attached hydrogens (tertiary/aromatic N) is 1. The van der Waals surface area contributed by atoms with Gasteiger partial charge in [-0.15, -0.1) is 0 Å². The Morgan fingerprint density at radius 1 is 1.40 bits per heavy atom. The van der Waals surface area contributed by atoms with E-state index in [0.29, 0.717) is 18.0 Å². The van der Waals surface area contributed by atoms with Crippen LogP contribution in [0.3, 0.4) is 0 Å². The van der Waals surface area contributed by atoms with E-state index in [2.05, 4.69) is 0 Å². The van der Waals surface area contributed by atoms with Gasteiger partial charge in [-0.3, -0.25) is 14.4 Å². The molecule has 2 amide bonds. The molecule has 0 aliphatic carbocycles. The van der Waals surface area contributed by atoms with E-state index in [9.17, 15) is 14.4 Å². The number of ether oxygens (including phenoxy) is 1. The molecular formula is C13H13NO5S. The van der Waals surface area contributed by atoms with Crippen LogP contribution in [0.25, 0.3) is 0 Å². The first kappa shape index (κ1) is 14.4. The van der Waals surface area contributed by atoms with Crippen molar-refractivity contribution in [2.45, 2.75) is 18.6 Å². The van der Waals surface area contributed by atoms with E-state index in [1.807, 2.05) is 0 Å². The van der Waals surface area contributed by atoms with Crippen molar-refractivity contribution in [1.29, 1.82) is 0 Å². The Morgan fingerprint density at radius 3 is 2.75 bits per heavy atom. The number of carbonyl (C=O) groups excluding carboxylic acids is 2. The molecule has 1 atom stereocenters. The van der Waals surface area contributed by atoms with E-state index in [4.69, 9.17) is 9.84 Å². The van der Waals surface area contributed by atoms with Crippen molar-refractivity contribution in [2.24, 2.45) is 0 Å². The largest absolute Gasteiger partial charge is 0.492 e. The molecule has 1 heterocycles. The number of aliphatic carboxylic acids is 1. The number of hydrogen-bond acceptors (Lipinski definition) is 5. The fraction of sp³-hybridized carbons (Fsp3) is 0.308. The average Bonchev–Trinajstić information content (AvgIpc) is 2.65. The highest BCUT2D eigenvalue weighted by Gasteiger charge is 2.42. The fourth-order valence-corrected chi connectivity index (χ4v) is 2.85. The Hall–Kier alpha value is -2.02. The summed E-state index contributed by atoms with van der Waals surface area (Å²) in [5.41, 5.74) is 0.352. The van der Waals surface area contributed by atoms with E-state index in [1.165, 1.54) is 0 Å². The zero-order valence-corrected chi connectivity index (χ0v) is 11.6. The predicted octanol–water partition coefficient (Wildman–Crippen LogP) is 2.13. The summed E-state index contributed by atoms with van der Waals surface area (Å²) >= 11 is 0.733. The first-order valence-corrected chi connectivity index (χ1v) is 6.90. The van der Waals surface area contributed by atoms with Crippen molar-refractivity contribution < 1.29 is 24.2 Å². The van der Waals surface area contributed by atoms with Crippen LogP contribution in [0.5, 0.6) is 5.75 Å². The number of carboxylic acids is 1. The van der Waals surface area contributed by atoms with Crippen LogP contribution in [0, 0.1) is 0 Å². The van der Waals surface area contributed by atoms with Crippen molar-refractivity contribution in [2.75, 3.05) is 11.5 Å². The van der Waals surface area contributed by atoms with Gasteiger partial charge in [0.2, 0.25) is 5.91 Å². The van der Waals surface area contributed by atoms with E-state index >= 15 is 0 Å². The Morgan fingerprint density at radius 2 is 2.10 bits per heavy atom. The second-order valence-electron chi connectivity index (χ2n) is 4.04. The molecule has 1 aromatic rings. The van der Waals surface area contributed by atoms with Gasteiger partial charge in [-0.25, -0.2) is 4.90 Å². The lowest BCUT2D eigenvalue weighted by Gasteiger charge is -2.17. The molecule has 1 aliphatic rings. The van der Waals surface area contributed by atoms with E-state index in [0.717, 1.165) is 16.7 Å². The van der Waals surface area contributed by atoms with E-state index < -0.39 is 22.4 Å². The minimum Gasteiger partial charge on any atom is -0.492 e. The number of carbonyl (C=O) groups is 3. The molecule has 1 aliphatic heterocycles. The maximum absolute atomic E-state index is 12.2. The van der Waals surface area contributed by atoms with Gasteiger partial charge >= 0.3 is 5.97 Å². The highest BCUT2D eigenvalue weighted by atomic mass is 32.2. The number of hydrogen-bond donors (Lipinski definition) is 1. The third kappa shape index (κ3) is 2.77. The van der Waals surface area contributed by atoms with Crippen molar-refractivity contribution in [3.05, 3.63) is 24.3 Å². The molecule has 6 nitrogen and oxygen atoms in total. The smallest absolute Gasteiger partial charge is 0.305 e. The molecule has 0 radical (unpaired) electrons. The van der Waals surface area contributed by atoms with Crippen LogP contribution in [0.2, 0.25) is 0 Å². The summed E-state index contributed by atoms with van der Waals surface area (Å²) in [5.74, 6) is -1.20. The number of imide groups is 1. The molecule has 0 saturated carbocycles. The fourth-order valence-electron chi connectivity index (χ4n) is 1.88. The molecule has 0 unspecified atom stereocenters. The normalized spacial score (nSPS) is 18.4. The molecule has 106 valence electrons. The predicted molar refractivity (Wildman–Crippen MR) is 74.1 cm³/mol. The number of carboxylic acid groups (broad SMARTS) is 1. The van der Waals surface area contributed by atoms with Gasteiger partial charge < -0.3 is 9.84 Å². The lowest BCUT2D eigenvalue weighted by atomic mass is 10.2. The van der Waals surface area contributed by atoms with Gasteiger partial charge in [0.1, 0.15) is 11.0 Å². The van der Waals surface area contributed by atoms with Crippen LogP contribution in [0.4, 0.5) is 10.5 Å². The van der Waals surface area contributed by atoms with Gasteiger partial charge in [-0.05, 0) is 30.8 Å². The molecule has 1 fully saturated rings. The van der Waals surface area contributed by atoms with Crippen LogP contribution in [-0.4, -0.2) is 34.1 Å². The Labute approximate surface area is 119 Å². The number of rotatable bonds is 5. The van der Waals surface area contributed by atoms with Gasteiger partial charge in [0.25, 0.3) is 5.24 Å². The van der Waals surface area contributed by atoms with Crippen molar-refractivity contribution in [1.82, 2.24) is 0 Å². The Balaban J connectivity index is 2.31. The van der Waals surface area contributed by atoms with Crippen LogP contribution in [-0.2, 0) is 9.59 Å². The average molecular weight is 295 g/mol. The van der Waals surface area contributed by atoms with Crippen LogP contribution in [0.1, 0.15) is 13.3 Å². The topological polar surface area (TPSA) is 83.9 Å². The number of benzene rings is 1. The highest BCUT2D eigenvalue weighted by molar-refractivity contribution is 8.15. The summed E-state index contributed by atoms with van der Waals surface area (Å²) in [6, 6.07) is 6.69. The standard InChI is InChI=1S/C13H13NO5S/c1-2-19-9-6-4-3-5-8(9)14-12(17)10(7-11(15)16)20-13(14)18/h3-6,10H,2,7H2,1H3,(H,15,16)/t10-/m1/s1. The van der Waals surface area contributed by atoms with Crippen LogP contribution >= 0.6 is 11.8 Å². The lowest BCUT2D eigenvalue weighted by molar-refractivity contribution is -0.138. The molecule has 0 spiro atoms. The summed E-state index contributed by atoms with van der Waals surface area (Å²) in [5, 5.41) is 7.40. The number of thioether (sulfide) groups is 1. The van der Waals surface area contributed by atoms with Gasteiger partial charge in [0, 0.05) is 0 Å². The Kier molecular flexibility index (Phi) is 4.29.